The molecule has 1 N–H and O–H groups in total. The highest BCUT2D eigenvalue weighted by atomic mass is 16.6. The van der Waals surface area contributed by atoms with Gasteiger partial charge >= 0.3 is 0 Å². The Morgan fingerprint density at radius 1 is 0.909 bits per heavy atom. The summed E-state index contributed by atoms with van der Waals surface area (Å²) in [5.41, 5.74) is 1.65. The van der Waals surface area contributed by atoms with Crippen LogP contribution in [0.1, 0.15) is 21.7 Å². The second-order valence-electron chi connectivity index (χ2n) is 7.34. The van der Waals surface area contributed by atoms with Crippen LogP contribution in [0.25, 0.3) is 11.0 Å². The first-order chi connectivity index (χ1) is 15.9. The van der Waals surface area contributed by atoms with Gasteiger partial charge in [-0.3, -0.25) is 25.0 Å². The maximum Gasteiger partial charge on any atom is 0.277 e. The predicted octanol–water partition coefficient (Wildman–Crippen LogP) is 4.03. The molecule has 4 rings (SSSR count). The number of aromatic nitrogens is 2. The van der Waals surface area contributed by atoms with Gasteiger partial charge in [-0.2, -0.15) is 0 Å². The number of hydrogen-bond donors (Lipinski definition) is 1. The monoisotopic (exact) mass is 445 g/mol. The highest BCUT2D eigenvalue weighted by Gasteiger charge is 2.20. The standard InChI is InChI=1S/C23H19N5O5/c29-23(17-12-18(27(30)31)14-19(13-17)28(32)33)24-15-22-25-20-8-4-5-9-21(20)26(22)11-10-16-6-2-1-3-7-16/h1-9,12-14H,10-11,15H2,(H,24,29). The molecule has 0 fully saturated rings. The number of fused-ring (bicyclic) bond motifs is 1. The van der Waals surface area contributed by atoms with Crippen molar-refractivity contribution < 1.29 is 14.6 Å². The Morgan fingerprint density at radius 3 is 2.21 bits per heavy atom. The van der Waals surface area contributed by atoms with Crippen molar-refractivity contribution in [3.05, 3.63) is 110 Å². The first-order valence-corrected chi connectivity index (χ1v) is 10.1. The molecule has 1 aromatic heterocycles. The fourth-order valence-corrected chi connectivity index (χ4v) is 3.59. The number of imidazole rings is 1. The van der Waals surface area contributed by atoms with E-state index in [1.807, 2.05) is 59.2 Å². The number of nitro benzene ring substituents is 2. The molecule has 1 heterocycles. The Bertz CT molecular complexity index is 1320. The molecule has 0 spiro atoms. The second kappa shape index (κ2) is 9.27. The highest BCUT2D eigenvalue weighted by Crippen LogP contribution is 2.23. The molecule has 0 atom stereocenters. The third-order valence-corrected chi connectivity index (χ3v) is 5.19. The number of nitrogens with one attached hydrogen (secondary N) is 1. The summed E-state index contributed by atoms with van der Waals surface area (Å²) in [5, 5.41) is 24.9. The molecule has 10 heteroatoms. The summed E-state index contributed by atoms with van der Waals surface area (Å²) < 4.78 is 2.01. The third kappa shape index (κ3) is 4.85. The van der Waals surface area contributed by atoms with Gasteiger partial charge in [-0.05, 0) is 24.1 Å². The Hall–Kier alpha value is -4.60. The summed E-state index contributed by atoms with van der Waals surface area (Å²) in [6.07, 6.45) is 0.763. The predicted molar refractivity (Wildman–Crippen MR) is 121 cm³/mol. The number of nitro groups is 2. The van der Waals surface area contributed by atoms with E-state index in [1.165, 1.54) is 0 Å². The van der Waals surface area contributed by atoms with E-state index in [0.717, 1.165) is 41.2 Å². The lowest BCUT2D eigenvalue weighted by Crippen LogP contribution is -2.25. The molecule has 3 aromatic carbocycles. The number of amides is 1. The van der Waals surface area contributed by atoms with Gasteiger partial charge in [-0.25, -0.2) is 4.98 Å². The minimum absolute atomic E-state index is 0.0544. The van der Waals surface area contributed by atoms with Gasteiger partial charge in [-0.15, -0.1) is 0 Å². The Labute approximate surface area is 187 Å². The van der Waals surface area contributed by atoms with Gasteiger partial charge < -0.3 is 9.88 Å². The molecule has 4 aromatic rings. The first kappa shape index (κ1) is 21.6. The lowest BCUT2D eigenvalue weighted by molar-refractivity contribution is -0.394. The molecule has 0 bridgehead atoms. The topological polar surface area (TPSA) is 133 Å². The lowest BCUT2D eigenvalue weighted by atomic mass is 10.1. The van der Waals surface area contributed by atoms with E-state index in [1.54, 1.807) is 0 Å². The molecule has 0 aliphatic heterocycles. The zero-order chi connectivity index (χ0) is 23.4. The molecular formula is C23H19N5O5. The smallest absolute Gasteiger partial charge is 0.277 e. The van der Waals surface area contributed by atoms with Gasteiger partial charge in [-0.1, -0.05) is 42.5 Å². The molecule has 33 heavy (non-hydrogen) atoms. The number of aryl methyl sites for hydroxylation is 2. The summed E-state index contributed by atoms with van der Waals surface area (Å²) in [4.78, 5) is 38.0. The molecular weight excluding hydrogens is 426 g/mol. The molecule has 0 aliphatic rings. The zero-order valence-corrected chi connectivity index (χ0v) is 17.4. The maximum absolute atomic E-state index is 12.7. The van der Waals surface area contributed by atoms with Gasteiger partial charge in [0.05, 0.1) is 39.1 Å². The van der Waals surface area contributed by atoms with Crippen LogP contribution >= 0.6 is 0 Å². The fourth-order valence-electron chi connectivity index (χ4n) is 3.59. The lowest BCUT2D eigenvalue weighted by Gasteiger charge is -2.11. The van der Waals surface area contributed by atoms with E-state index in [2.05, 4.69) is 10.3 Å². The Kier molecular flexibility index (Phi) is 6.07. The number of benzene rings is 3. The zero-order valence-electron chi connectivity index (χ0n) is 17.4. The summed E-state index contributed by atoms with van der Waals surface area (Å²) in [7, 11) is 0. The van der Waals surface area contributed by atoms with Crippen LogP contribution in [0.4, 0.5) is 11.4 Å². The normalized spacial score (nSPS) is 10.8. The minimum Gasteiger partial charge on any atom is -0.345 e. The summed E-state index contributed by atoms with van der Waals surface area (Å²) in [6, 6.07) is 20.4. The van der Waals surface area contributed by atoms with Crippen molar-refractivity contribution in [1.82, 2.24) is 14.9 Å². The van der Waals surface area contributed by atoms with Crippen molar-refractivity contribution in [3.8, 4) is 0 Å². The van der Waals surface area contributed by atoms with Crippen molar-refractivity contribution in [3.63, 3.8) is 0 Å². The number of carbonyl (C=O) groups is 1. The third-order valence-electron chi connectivity index (χ3n) is 5.19. The fraction of sp³-hybridized carbons (Fsp3) is 0.130. The SMILES string of the molecule is O=C(NCc1nc2ccccc2n1CCc1ccccc1)c1cc([N+](=O)[O-])cc([N+](=O)[O-])c1. The van der Waals surface area contributed by atoms with Gasteiger partial charge in [0.25, 0.3) is 17.3 Å². The van der Waals surface area contributed by atoms with Crippen molar-refractivity contribution in [2.45, 2.75) is 19.5 Å². The van der Waals surface area contributed by atoms with E-state index in [9.17, 15) is 25.0 Å². The largest absolute Gasteiger partial charge is 0.345 e. The van der Waals surface area contributed by atoms with Gasteiger partial charge in [0, 0.05) is 18.7 Å². The van der Waals surface area contributed by atoms with Crippen LogP contribution < -0.4 is 5.32 Å². The number of hydrogen-bond acceptors (Lipinski definition) is 6. The van der Waals surface area contributed by atoms with E-state index in [0.29, 0.717) is 12.4 Å². The van der Waals surface area contributed by atoms with Crippen molar-refractivity contribution in [2.75, 3.05) is 0 Å². The van der Waals surface area contributed by atoms with E-state index in [4.69, 9.17) is 0 Å². The number of non-ortho nitro benzene ring substituents is 2. The van der Waals surface area contributed by atoms with Crippen molar-refractivity contribution in [2.24, 2.45) is 0 Å². The molecule has 0 aliphatic carbocycles. The summed E-state index contributed by atoms with van der Waals surface area (Å²) in [6.45, 7) is 0.691. The van der Waals surface area contributed by atoms with Gasteiger partial charge in [0.2, 0.25) is 0 Å². The molecule has 166 valence electrons. The number of para-hydroxylation sites is 2. The number of nitrogens with zero attached hydrogens (tertiary/aromatic N) is 4. The van der Waals surface area contributed by atoms with Crippen molar-refractivity contribution >= 4 is 28.3 Å². The van der Waals surface area contributed by atoms with Crippen LogP contribution in [0.3, 0.4) is 0 Å². The van der Waals surface area contributed by atoms with Crippen molar-refractivity contribution in [1.29, 1.82) is 0 Å². The number of carbonyl (C=O) groups excluding carboxylic acids is 1. The average Bonchev–Trinajstić information content (AvgIpc) is 3.18. The van der Waals surface area contributed by atoms with Crippen LogP contribution in [-0.4, -0.2) is 25.3 Å². The van der Waals surface area contributed by atoms with Crippen LogP contribution in [0, 0.1) is 20.2 Å². The Morgan fingerprint density at radius 2 is 1.55 bits per heavy atom. The van der Waals surface area contributed by atoms with Gasteiger partial charge in [0.1, 0.15) is 5.82 Å². The van der Waals surface area contributed by atoms with Crippen LogP contribution in [0.5, 0.6) is 0 Å². The summed E-state index contributed by atoms with van der Waals surface area (Å²) >= 11 is 0. The molecule has 1 amide bonds. The minimum atomic E-state index is -0.771. The van der Waals surface area contributed by atoms with E-state index < -0.39 is 27.1 Å². The summed E-state index contributed by atoms with van der Waals surface area (Å²) in [5.74, 6) is -0.0520. The molecule has 0 saturated heterocycles. The highest BCUT2D eigenvalue weighted by molar-refractivity contribution is 5.95. The van der Waals surface area contributed by atoms with E-state index in [-0.39, 0.29) is 12.1 Å². The first-order valence-electron chi connectivity index (χ1n) is 10.1. The van der Waals surface area contributed by atoms with Gasteiger partial charge in [0.15, 0.2) is 0 Å². The average molecular weight is 445 g/mol. The quantitative estimate of drug-likeness (QED) is 0.322. The second-order valence-corrected chi connectivity index (χ2v) is 7.34. The van der Waals surface area contributed by atoms with Crippen LogP contribution in [0.2, 0.25) is 0 Å². The molecule has 0 saturated carbocycles. The van der Waals surface area contributed by atoms with Crippen LogP contribution in [-0.2, 0) is 19.5 Å². The van der Waals surface area contributed by atoms with Crippen LogP contribution in [0.15, 0.2) is 72.8 Å². The Balaban J connectivity index is 1.57. The molecule has 0 unspecified atom stereocenters. The maximum atomic E-state index is 12.7. The molecule has 0 radical (unpaired) electrons. The van der Waals surface area contributed by atoms with E-state index >= 15 is 0 Å². The number of rotatable bonds is 8. The molecule has 10 nitrogen and oxygen atoms in total.